The van der Waals surface area contributed by atoms with E-state index < -0.39 is 59.9 Å². The number of nitrogens with one attached hydrogen (secondary N) is 4. The first kappa shape index (κ1) is 39.4. The van der Waals surface area contributed by atoms with E-state index in [0.717, 1.165) is 70.6 Å². The van der Waals surface area contributed by atoms with Gasteiger partial charge >= 0.3 is 0 Å². The zero-order valence-corrected chi connectivity index (χ0v) is 28.8. The van der Waals surface area contributed by atoms with E-state index in [9.17, 15) is 29.1 Å². The van der Waals surface area contributed by atoms with Gasteiger partial charge in [0, 0.05) is 26.7 Å². The smallest absolute Gasteiger partial charge is 0.245 e. The maximum atomic E-state index is 14.0. The van der Waals surface area contributed by atoms with Crippen LogP contribution in [0.1, 0.15) is 105 Å². The Labute approximate surface area is 275 Å². The lowest BCUT2D eigenvalue weighted by Gasteiger charge is -2.36. The van der Waals surface area contributed by atoms with Crippen LogP contribution >= 0.6 is 0 Å². The summed E-state index contributed by atoms with van der Waals surface area (Å²) in [6.07, 6.45) is 9.12. The average molecular weight is 652 g/mol. The Morgan fingerprint density at radius 2 is 1.54 bits per heavy atom. The molecule has 7 N–H and O–H groups in total. The van der Waals surface area contributed by atoms with Gasteiger partial charge in [-0.1, -0.05) is 65.2 Å². The van der Waals surface area contributed by atoms with Gasteiger partial charge in [0.15, 0.2) is 0 Å². The summed E-state index contributed by atoms with van der Waals surface area (Å²) in [4.78, 5) is 71.7. The lowest BCUT2D eigenvalue weighted by Crippen LogP contribution is -2.63. The van der Waals surface area contributed by atoms with Crippen molar-refractivity contribution in [2.45, 2.75) is 141 Å². The van der Waals surface area contributed by atoms with Gasteiger partial charge in [-0.2, -0.15) is 0 Å². The summed E-state index contributed by atoms with van der Waals surface area (Å²) in [6, 6.07) is -4.76. The zero-order chi connectivity index (χ0) is 34.2. The molecule has 5 amide bonds. The normalized spacial score (nSPS) is 28.0. The molecule has 2 fully saturated rings. The number of likely N-dealkylation sites (N-methyl/N-ethyl adjacent to an activating group) is 1. The minimum absolute atomic E-state index is 0.147. The van der Waals surface area contributed by atoms with E-state index in [0.29, 0.717) is 19.5 Å². The second-order valence-electron chi connectivity index (χ2n) is 13.1. The fourth-order valence-electron chi connectivity index (χ4n) is 6.44. The molecule has 6 atom stereocenters. The van der Waals surface area contributed by atoms with Crippen molar-refractivity contribution in [3.05, 3.63) is 0 Å². The Balaban J connectivity index is 2.51. The second-order valence-corrected chi connectivity index (χ2v) is 13.1. The molecule has 1 aliphatic heterocycles. The van der Waals surface area contributed by atoms with E-state index in [1.807, 2.05) is 18.7 Å². The Hall–Kier alpha value is -2.77. The third kappa shape index (κ3) is 11.8. The molecule has 46 heavy (non-hydrogen) atoms. The monoisotopic (exact) mass is 651 g/mol. The van der Waals surface area contributed by atoms with Crippen LogP contribution < -0.4 is 27.0 Å². The van der Waals surface area contributed by atoms with Gasteiger partial charge in [-0.15, -0.1) is 0 Å². The van der Waals surface area contributed by atoms with Crippen LogP contribution in [0.3, 0.4) is 0 Å². The molecule has 0 aromatic rings. The van der Waals surface area contributed by atoms with Crippen molar-refractivity contribution >= 4 is 29.5 Å². The van der Waals surface area contributed by atoms with E-state index in [1.165, 1.54) is 11.8 Å². The lowest BCUT2D eigenvalue weighted by atomic mass is 9.83. The van der Waals surface area contributed by atoms with E-state index in [4.69, 9.17) is 5.73 Å². The Morgan fingerprint density at radius 3 is 2.15 bits per heavy atom. The number of aliphatic hydroxyl groups is 1. The van der Waals surface area contributed by atoms with Gasteiger partial charge in [-0.3, -0.25) is 28.9 Å². The van der Waals surface area contributed by atoms with Crippen LogP contribution in [0, 0.1) is 5.92 Å². The molecule has 0 radical (unpaired) electrons. The van der Waals surface area contributed by atoms with Crippen molar-refractivity contribution in [1.82, 2.24) is 31.1 Å². The van der Waals surface area contributed by atoms with Crippen molar-refractivity contribution in [3.63, 3.8) is 0 Å². The summed E-state index contributed by atoms with van der Waals surface area (Å²) in [5, 5.41) is 21.4. The zero-order valence-electron chi connectivity index (χ0n) is 28.8. The number of carbonyl (C=O) groups excluding carboxylic acids is 5. The Kier molecular flexibility index (Phi) is 17.5. The SMILES string of the molecule is CCCCCCN1CCNC(=O)[C@H]([C@H](C)O)NC(=O)[C@H](CN)NC(=O)[C@H](C2CCCCC2)NC(=O)[C@H](CCCC)N(C)C(=O)[C@@H]1C. The number of nitrogens with two attached hydrogens (primary N) is 1. The van der Waals surface area contributed by atoms with E-state index in [-0.39, 0.29) is 24.9 Å². The number of hydrogen-bond acceptors (Lipinski definition) is 8. The number of aliphatic hydroxyl groups excluding tert-OH is 1. The minimum Gasteiger partial charge on any atom is -0.391 e. The molecule has 1 aliphatic carbocycles. The van der Waals surface area contributed by atoms with Gasteiger partial charge in [0.25, 0.3) is 0 Å². The third-order valence-electron chi connectivity index (χ3n) is 9.48. The molecule has 264 valence electrons. The number of carbonyl (C=O) groups is 5. The first-order valence-electron chi connectivity index (χ1n) is 17.5. The predicted molar refractivity (Wildman–Crippen MR) is 177 cm³/mol. The summed E-state index contributed by atoms with van der Waals surface area (Å²) < 4.78 is 0. The molecule has 2 aliphatic rings. The minimum atomic E-state index is -1.28. The molecule has 1 saturated heterocycles. The van der Waals surface area contributed by atoms with E-state index >= 15 is 0 Å². The fourth-order valence-corrected chi connectivity index (χ4v) is 6.44. The van der Waals surface area contributed by atoms with Crippen molar-refractivity contribution in [2.24, 2.45) is 11.7 Å². The molecule has 0 aromatic carbocycles. The molecule has 1 saturated carbocycles. The summed E-state index contributed by atoms with van der Waals surface area (Å²) >= 11 is 0. The highest BCUT2D eigenvalue weighted by atomic mass is 16.3. The van der Waals surface area contributed by atoms with E-state index in [1.54, 1.807) is 7.05 Å². The van der Waals surface area contributed by atoms with Crippen LogP contribution in [0.2, 0.25) is 0 Å². The summed E-state index contributed by atoms with van der Waals surface area (Å²) in [5.41, 5.74) is 5.91. The lowest BCUT2D eigenvalue weighted by molar-refractivity contribution is -0.144. The largest absolute Gasteiger partial charge is 0.391 e. The van der Waals surface area contributed by atoms with Crippen molar-refractivity contribution in [2.75, 3.05) is 33.2 Å². The number of amides is 5. The number of hydrogen-bond donors (Lipinski definition) is 6. The summed E-state index contributed by atoms with van der Waals surface area (Å²) in [7, 11) is 1.64. The van der Waals surface area contributed by atoms with Crippen LogP contribution in [0.4, 0.5) is 0 Å². The van der Waals surface area contributed by atoms with Crippen LogP contribution in [-0.2, 0) is 24.0 Å². The molecule has 0 unspecified atom stereocenters. The van der Waals surface area contributed by atoms with Crippen molar-refractivity contribution < 1.29 is 29.1 Å². The molecular weight excluding hydrogens is 590 g/mol. The highest BCUT2D eigenvalue weighted by molar-refractivity contribution is 5.96. The highest BCUT2D eigenvalue weighted by Crippen LogP contribution is 2.27. The number of nitrogens with zero attached hydrogens (tertiary/aromatic N) is 2. The Bertz CT molecular complexity index is 990. The van der Waals surface area contributed by atoms with Crippen LogP contribution in [-0.4, -0.2) is 114 Å². The van der Waals surface area contributed by atoms with Gasteiger partial charge < -0.3 is 37.0 Å². The Morgan fingerprint density at radius 1 is 0.870 bits per heavy atom. The third-order valence-corrected chi connectivity index (χ3v) is 9.48. The standard InChI is InChI=1S/C33H61N7O6/c1-6-8-10-14-19-40-20-18-35-31(44)27(23(4)41)37-29(42)25(21-34)36-32(45)28(24-15-12-11-13-16-24)38-30(43)26(17-9-7-2)39(5)33(46)22(40)3/h22-28,41H,6-21,34H2,1-5H3,(H,35,44)(H,36,45)(H,37,42)(H,38,43)/t22-,23-,25-,26-,27-,28-/m0/s1. The molecule has 0 bridgehead atoms. The number of unbranched alkanes of at least 4 members (excludes halogenated alkanes) is 4. The average Bonchev–Trinajstić information content (AvgIpc) is 3.04. The van der Waals surface area contributed by atoms with Crippen LogP contribution in [0.25, 0.3) is 0 Å². The van der Waals surface area contributed by atoms with Crippen LogP contribution in [0.5, 0.6) is 0 Å². The van der Waals surface area contributed by atoms with Crippen molar-refractivity contribution in [1.29, 1.82) is 0 Å². The molecule has 0 aromatic heterocycles. The highest BCUT2D eigenvalue weighted by Gasteiger charge is 2.38. The van der Waals surface area contributed by atoms with E-state index in [2.05, 4.69) is 28.2 Å². The summed E-state index contributed by atoms with van der Waals surface area (Å²) in [5.74, 6) is -2.58. The quantitative estimate of drug-likeness (QED) is 0.177. The topological polar surface area (TPSA) is 186 Å². The van der Waals surface area contributed by atoms with Gasteiger partial charge in [-0.05, 0) is 52.0 Å². The van der Waals surface area contributed by atoms with Gasteiger partial charge in [0.2, 0.25) is 29.5 Å². The van der Waals surface area contributed by atoms with Crippen LogP contribution in [0.15, 0.2) is 0 Å². The maximum Gasteiger partial charge on any atom is 0.245 e. The van der Waals surface area contributed by atoms with Gasteiger partial charge in [-0.25, -0.2) is 0 Å². The molecule has 13 heteroatoms. The first-order valence-corrected chi connectivity index (χ1v) is 17.5. The first-order chi connectivity index (χ1) is 22.0. The fraction of sp³-hybridized carbons (Fsp3) is 0.848. The second kappa shape index (κ2) is 20.5. The van der Waals surface area contributed by atoms with Crippen molar-refractivity contribution in [3.8, 4) is 0 Å². The molecule has 1 heterocycles. The molecule has 13 nitrogen and oxygen atoms in total. The predicted octanol–water partition coefficient (Wildman–Crippen LogP) is 0.778. The maximum absolute atomic E-state index is 14.0. The molecular formula is C33H61N7O6. The van der Waals surface area contributed by atoms with Gasteiger partial charge in [0.1, 0.15) is 24.2 Å². The summed E-state index contributed by atoms with van der Waals surface area (Å²) in [6.45, 7) is 8.27. The molecule has 2 rings (SSSR count). The molecule has 0 spiro atoms. The number of rotatable bonds is 11. The van der Waals surface area contributed by atoms with Gasteiger partial charge in [0.05, 0.1) is 12.1 Å².